The molecule has 17 heavy (non-hydrogen) atoms. The molecule has 0 amide bonds. The zero-order valence-corrected chi connectivity index (χ0v) is 14.2. The van der Waals surface area contributed by atoms with Crippen molar-refractivity contribution in [3.05, 3.63) is 25.3 Å². The zero-order valence-electron chi connectivity index (χ0n) is 12.2. The first-order valence-electron chi connectivity index (χ1n) is 6.75. The molecule has 0 saturated carbocycles. The number of hydrogen-bond acceptors (Lipinski definition) is 1. The molecule has 0 aliphatic heterocycles. The van der Waals surface area contributed by atoms with Gasteiger partial charge in [-0.2, -0.15) is 0 Å². The second kappa shape index (κ2) is 8.06. The Labute approximate surface area is 110 Å². The topological polar surface area (TPSA) is 9.23 Å². The van der Waals surface area contributed by atoms with Crippen molar-refractivity contribution in [1.29, 1.82) is 0 Å². The van der Waals surface area contributed by atoms with Crippen LogP contribution in [0.25, 0.3) is 0 Å². The molecule has 0 unspecified atom stereocenters. The lowest BCUT2D eigenvalue weighted by molar-refractivity contribution is 0.529. The first-order chi connectivity index (χ1) is 7.83. The molecule has 0 N–H and O–H groups in total. The molecule has 0 aromatic carbocycles. The molecule has 3 heteroatoms. The van der Waals surface area contributed by atoms with Gasteiger partial charge in [0.1, 0.15) is 0 Å². The average molecular weight is 271 g/mol. The van der Waals surface area contributed by atoms with E-state index in [0.29, 0.717) is 0 Å². The molecule has 0 aliphatic carbocycles. The Hall–Kier alpha value is -0.126. The largest absolute Gasteiger partial charge is 0.456 e. The number of hydrogen-bond donors (Lipinski definition) is 0. The Morgan fingerprint density at radius 1 is 0.882 bits per heavy atom. The average Bonchev–Trinajstić information content (AvgIpc) is 2.15. The van der Waals surface area contributed by atoms with Gasteiger partial charge in [0.2, 0.25) is 0 Å². The fourth-order valence-corrected chi connectivity index (χ4v) is 11.1. The van der Waals surface area contributed by atoms with Crippen molar-refractivity contribution in [3.63, 3.8) is 0 Å². The van der Waals surface area contributed by atoms with Crippen LogP contribution < -0.4 is 0 Å². The number of rotatable bonds is 10. The standard InChI is InChI=1S/C14H30OSi2/c1-7-9-11-13-17(6,14-12-10-8-2)15-16(3,4)5/h7-8H,1-2,9-14H2,3-6H3. The van der Waals surface area contributed by atoms with E-state index in [2.05, 4.69) is 39.3 Å². The third-order valence-electron chi connectivity index (χ3n) is 2.78. The predicted octanol–water partition coefficient (Wildman–Crippen LogP) is 5.35. The summed E-state index contributed by atoms with van der Waals surface area (Å²) in [5.41, 5.74) is 0. The summed E-state index contributed by atoms with van der Waals surface area (Å²) in [6.07, 6.45) is 8.77. The summed E-state index contributed by atoms with van der Waals surface area (Å²) >= 11 is 0. The molecule has 0 radical (unpaired) electrons. The molecule has 100 valence electrons. The highest BCUT2D eigenvalue weighted by molar-refractivity contribution is 6.84. The summed E-state index contributed by atoms with van der Waals surface area (Å²) in [4.78, 5) is 0. The van der Waals surface area contributed by atoms with Crippen LogP contribution in [0, 0.1) is 0 Å². The van der Waals surface area contributed by atoms with Crippen molar-refractivity contribution in [1.82, 2.24) is 0 Å². The quantitative estimate of drug-likeness (QED) is 0.295. The highest BCUT2D eigenvalue weighted by Gasteiger charge is 2.32. The van der Waals surface area contributed by atoms with E-state index in [1.807, 2.05) is 12.2 Å². The normalized spacial score (nSPS) is 12.5. The second-order valence-corrected chi connectivity index (χ2v) is 15.0. The summed E-state index contributed by atoms with van der Waals surface area (Å²) in [6.45, 7) is 16.9. The monoisotopic (exact) mass is 270 g/mol. The predicted molar refractivity (Wildman–Crippen MR) is 84.5 cm³/mol. The van der Waals surface area contributed by atoms with Crippen LogP contribution in [0.3, 0.4) is 0 Å². The Morgan fingerprint density at radius 2 is 1.29 bits per heavy atom. The molecular formula is C14H30OSi2. The first kappa shape index (κ1) is 16.9. The van der Waals surface area contributed by atoms with Crippen LogP contribution in [0.2, 0.25) is 38.3 Å². The third kappa shape index (κ3) is 9.56. The van der Waals surface area contributed by atoms with E-state index < -0.39 is 16.6 Å². The molecule has 0 aromatic rings. The fourth-order valence-electron chi connectivity index (χ4n) is 2.21. The van der Waals surface area contributed by atoms with Crippen LogP contribution in [0.15, 0.2) is 25.3 Å². The van der Waals surface area contributed by atoms with Crippen LogP contribution in [-0.2, 0) is 4.12 Å². The maximum atomic E-state index is 6.53. The molecule has 0 bridgehead atoms. The van der Waals surface area contributed by atoms with Gasteiger partial charge in [-0.3, -0.25) is 0 Å². The summed E-state index contributed by atoms with van der Waals surface area (Å²) in [5, 5.41) is 0. The maximum absolute atomic E-state index is 6.53. The van der Waals surface area contributed by atoms with Gasteiger partial charge < -0.3 is 4.12 Å². The second-order valence-electron chi connectivity index (χ2n) is 6.03. The van der Waals surface area contributed by atoms with Crippen LogP contribution in [0.1, 0.15) is 25.7 Å². The third-order valence-corrected chi connectivity index (χ3v) is 10.0. The SMILES string of the molecule is C=CCCC[Si](C)(CCCC=C)O[Si](C)(C)C. The van der Waals surface area contributed by atoms with Gasteiger partial charge in [0.15, 0.2) is 16.6 Å². The minimum atomic E-state index is -1.49. The Bertz CT molecular complexity index is 217. The van der Waals surface area contributed by atoms with E-state index in [1.54, 1.807) is 0 Å². The summed E-state index contributed by atoms with van der Waals surface area (Å²) < 4.78 is 6.53. The van der Waals surface area contributed by atoms with E-state index >= 15 is 0 Å². The molecule has 0 fully saturated rings. The highest BCUT2D eigenvalue weighted by Crippen LogP contribution is 2.27. The van der Waals surface area contributed by atoms with Gasteiger partial charge >= 0.3 is 0 Å². The summed E-state index contributed by atoms with van der Waals surface area (Å²) in [7, 11) is -2.90. The van der Waals surface area contributed by atoms with Gasteiger partial charge in [-0.1, -0.05) is 25.0 Å². The number of unbranched alkanes of at least 4 members (excludes halogenated alkanes) is 2. The van der Waals surface area contributed by atoms with Crippen molar-refractivity contribution in [2.75, 3.05) is 0 Å². The smallest absolute Gasteiger partial charge is 0.176 e. The van der Waals surface area contributed by atoms with Crippen LogP contribution in [-0.4, -0.2) is 16.6 Å². The van der Waals surface area contributed by atoms with Crippen molar-refractivity contribution < 1.29 is 4.12 Å². The van der Waals surface area contributed by atoms with Crippen LogP contribution in [0.5, 0.6) is 0 Å². The van der Waals surface area contributed by atoms with E-state index in [1.165, 1.54) is 24.9 Å². The maximum Gasteiger partial charge on any atom is 0.176 e. The Kier molecular flexibility index (Phi) is 8.00. The Balaban J connectivity index is 4.33. The minimum Gasteiger partial charge on any atom is -0.456 e. The van der Waals surface area contributed by atoms with E-state index in [4.69, 9.17) is 4.12 Å². The fraction of sp³-hybridized carbons (Fsp3) is 0.714. The van der Waals surface area contributed by atoms with Crippen LogP contribution >= 0.6 is 0 Å². The molecule has 0 aromatic heterocycles. The molecule has 1 nitrogen and oxygen atoms in total. The summed E-state index contributed by atoms with van der Waals surface area (Å²) in [5.74, 6) is 0. The van der Waals surface area contributed by atoms with E-state index in [-0.39, 0.29) is 0 Å². The van der Waals surface area contributed by atoms with Gasteiger partial charge in [-0.05, 0) is 51.1 Å². The number of allylic oxidation sites excluding steroid dienone is 2. The van der Waals surface area contributed by atoms with Crippen molar-refractivity contribution in [2.24, 2.45) is 0 Å². The molecule has 0 spiro atoms. The van der Waals surface area contributed by atoms with Gasteiger partial charge in [0.05, 0.1) is 0 Å². The van der Waals surface area contributed by atoms with Gasteiger partial charge in [0, 0.05) is 0 Å². The van der Waals surface area contributed by atoms with Crippen molar-refractivity contribution in [3.8, 4) is 0 Å². The van der Waals surface area contributed by atoms with Gasteiger partial charge in [0.25, 0.3) is 0 Å². The lowest BCUT2D eigenvalue weighted by Gasteiger charge is -2.34. The highest BCUT2D eigenvalue weighted by atomic mass is 28.4. The van der Waals surface area contributed by atoms with E-state index in [9.17, 15) is 0 Å². The van der Waals surface area contributed by atoms with Gasteiger partial charge in [-0.15, -0.1) is 13.2 Å². The van der Waals surface area contributed by atoms with E-state index in [0.717, 1.165) is 12.8 Å². The van der Waals surface area contributed by atoms with Gasteiger partial charge in [-0.25, -0.2) is 0 Å². The summed E-state index contributed by atoms with van der Waals surface area (Å²) in [6, 6.07) is 2.56. The van der Waals surface area contributed by atoms with Crippen molar-refractivity contribution >= 4 is 16.6 Å². The van der Waals surface area contributed by atoms with Crippen LogP contribution in [0.4, 0.5) is 0 Å². The molecule has 0 atom stereocenters. The molecule has 0 aliphatic rings. The first-order valence-corrected chi connectivity index (χ1v) is 13.0. The zero-order chi connectivity index (χ0) is 13.4. The molecule has 0 saturated heterocycles. The molecule has 0 heterocycles. The molecule has 0 rings (SSSR count). The lowest BCUT2D eigenvalue weighted by Crippen LogP contribution is -2.44. The molecular weight excluding hydrogens is 240 g/mol. The lowest BCUT2D eigenvalue weighted by atomic mass is 10.3. The Morgan fingerprint density at radius 3 is 1.59 bits per heavy atom. The minimum absolute atomic E-state index is 1.12. The van der Waals surface area contributed by atoms with Crippen molar-refractivity contribution in [2.45, 2.75) is 64.0 Å².